The van der Waals surface area contributed by atoms with Crippen molar-refractivity contribution < 1.29 is 9.47 Å². The highest BCUT2D eigenvalue weighted by molar-refractivity contribution is 9.09. The number of hydrogen-bond donors (Lipinski definition) is 0. The monoisotopic (exact) mass is 252 g/mol. The molecule has 0 aromatic carbocycles. The van der Waals surface area contributed by atoms with Crippen LogP contribution in [0.1, 0.15) is 27.2 Å². The molecule has 0 aliphatic carbocycles. The highest BCUT2D eigenvalue weighted by Crippen LogP contribution is 2.17. The van der Waals surface area contributed by atoms with E-state index >= 15 is 0 Å². The maximum absolute atomic E-state index is 5.48. The topological polar surface area (TPSA) is 18.5 Å². The second kappa shape index (κ2) is 7.77. The third-order valence-corrected chi connectivity index (χ3v) is 3.09. The molecule has 3 heteroatoms. The maximum Gasteiger partial charge on any atom is 0.0700 e. The van der Waals surface area contributed by atoms with Crippen molar-refractivity contribution in [3.05, 3.63) is 0 Å². The Morgan fingerprint density at radius 1 is 1.08 bits per heavy atom. The van der Waals surface area contributed by atoms with E-state index in [4.69, 9.17) is 9.47 Å². The van der Waals surface area contributed by atoms with Crippen molar-refractivity contribution in [2.45, 2.75) is 27.2 Å². The zero-order chi connectivity index (χ0) is 10.2. The fourth-order valence-corrected chi connectivity index (χ4v) is 0.913. The zero-order valence-electron chi connectivity index (χ0n) is 8.94. The first-order chi connectivity index (χ1) is 6.12. The van der Waals surface area contributed by atoms with Crippen LogP contribution in [0.2, 0.25) is 0 Å². The Hall–Kier alpha value is 0.400. The van der Waals surface area contributed by atoms with E-state index in [0.29, 0.717) is 13.2 Å². The van der Waals surface area contributed by atoms with Crippen LogP contribution in [-0.2, 0) is 9.47 Å². The first kappa shape index (κ1) is 13.4. The predicted molar refractivity (Wildman–Crippen MR) is 59.5 cm³/mol. The van der Waals surface area contributed by atoms with E-state index in [9.17, 15) is 0 Å². The molecule has 0 aromatic heterocycles. The molecule has 0 aromatic rings. The van der Waals surface area contributed by atoms with Crippen molar-refractivity contribution in [1.29, 1.82) is 0 Å². The lowest BCUT2D eigenvalue weighted by molar-refractivity contribution is 0.0210. The van der Waals surface area contributed by atoms with Crippen LogP contribution in [0.25, 0.3) is 0 Å². The van der Waals surface area contributed by atoms with Gasteiger partial charge in [-0.2, -0.15) is 0 Å². The van der Waals surface area contributed by atoms with Gasteiger partial charge in [0.15, 0.2) is 0 Å². The van der Waals surface area contributed by atoms with Crippen LogP contribution in [0.4, 0.5) is 0 Å². The summed E-state index contributed by atoms with van der Waals surface area (Å²) in [4.78, 5) is 0. The van der Waals surface area contributed by atoms with Gasteiger partial charge < -0.3 is 9.47 Å². The molecule has 0 aliphatic heterocycles. The fraction of sp³-hybridized carbons (Fsp3) is 1.00. The largest absolute Gasteiger partial charge is 0.379 e. The summed E-state index contributed by atoms with van der Waals surface area (Å²) in [5, 5.41) is 0.968. The van der Waals surface area contributed by atoms with E-state index < -0.39 is 0 Å². The van der Waals surface area contributed by atoms with Gasteiger partial charge >= 0.3 is 0 Å². The van der Waals surface area contributed by atoms with E-state index in [1.54, 1.807) is 0 Å². The van der Waals surface area contributed by atoms with Crippen LogP contribution in [0, 0.1) is 5.41 Å². The Bertz CT molecular complexity index is 115. The molecule has 0 heterocycles. The second-order valence-corrected chi connectivity index (χ2v) is 4.52. The first-order valence-corrected chi connectivity index (χ1v) is 5.96. The van der Waals surface area contributed by atoms with Gasteiger partial charge in [0, 0.05) is 11.9 Å². The van der Waals surface area contributed by atoms with Crippen LogP contribution >= 0.6 is 15.9 Å². The molecular weight excluding hydrogens is 232 g/mol. The minimum atomic E-state index is 0.227. The average Bonchev–Trinajstić information content (AvgIpc) is 2.11. The molecule has 0 aliphatic rings. The molecule has 0 spiro atoms. The lowest BCUT2D eigenvalue weighted by atomic mass is 9.99. The summed E-state index contributed by atoms with van der Waals surface area (Å²) >= 11 is 3.45. The number of halogens is 1. The van der Waals surface area contributed by atoms with Gasteiger partial charge in [-0.05, 0) is 11.8 Å². The third-order valence-electron chi connectivity index (χ3n) is 1.58. The van der Waals surface area contributed by atoms with Crippen molar-refractivity contribution in [3.63, 3.8) is 0 Å². The lowest BCUT2D eigenvalue weighted by Crippen LogP contribution is -2.22. The van der Waals surface area contributed by atoms with E-state index in [1.165, 1.54) is 0 Å². The van der Waals surface area contributed by atoms with Gasteiger partial charge in [0.1, 0.15) is 0 Å². The number of hydrogen-bond acceptors (Lipinski definition) is 2. The first-order valence-electron chi connectivity index (χ1n) is 4.84. The standard InChI is InChI=1S/C10H21BrO2/c1-4-5-12-6-7-13-9-10(2,3)8-11/h4-9H2,1-3H3. The van der Waals surface area contributed by atoms with E-state index in [-0.39, 0.29) is 5.41 Å². The molecule has 80 valence electrons. The van der Waals surface area contributed by atoms with E-state index in [1.807, 2.05) is 0 Å². The Morgan fingerprint density at radius 3 is 2.23 bits per heavy atom. The molecule has 0 amide bonds. The molecule has 0 rings (SSSR count). The van der Waals surface area contributed by atoms with E-state index in [2.05, 4.69) is 36.7 Å². The number of ether oxygens (including phenoxy) is 2. The van der Waals surface area contributed by atoms with Crippen molar-refractivity contribution in [2.75, 3.05) is 31.8 Å². The molecule has 13 heavy (non-hydrogen) atoms. The molecule has 0 radical (unpaired) electrons. The van der Waals surface area contributed by atoms with Crippen molar-refractivity contribution >= 4 is 15.9 Å². The molecule has 0 fully saturated rings. The minimum Gasteiger partial charge on any atom is -0.379 e. The summed E-state index contributed by atoms with van der Waals surface area (Å²) < 4.78 is 10.8. The number of alkyl halides is 1. The Kier molecular flexibility index (Phi) is 8.01. The summed E-state index contributed by atoms with van der Waals surface area (Å²) in [7, 11) is 0. The van der Waals surface area contributed by atoms with Crippen molar-refractivity contribution in [3.8, 4) is 0 Å². The predicted octanol–water partition coefficient (Wildman–Crippen LogP) is 2.85. The van der Waals surface area contributed by atoms with Gasteiger partial charge in [-0.25, -0.2) is 0 Å². The van der Waals surface area contributed by atoms with Crippen LogP contribution in [0.5, 0.6) is 0 Å². The third kappa shape index (κ3) is 8.72. The summed E-state index contributed by atoms with van der Waals surface area (Å²) in [6.07, 6.45) is 1.08. The maximum atomic E-state index is 5.48. The average molecular weight is 253 g/mol. The molecule has 0 atom stereocenters. The van der Waals surface area contributed by atoms with Crippen LogP contribution in [-0.4, -0.2) is 31.8 Å². The molecule has 2 nitrogen and oxygen atoms in total. The quantitative estimate of drug-likeness (QED) is 0.489. The zero-order valence-corrected chi connectivity index (χ0v) is 10.5. The normalized spacial score (nSPS) is 12.0. The summed E-state index contributed by atoms with van der Waals surface area (Å²) in [6, 6.07) is 0. The summed E-state index contributed by atoms with van der Waals surface area (Å²) in [5.41, 5.74) is 0.227. The Morgan fingerprint density at radius 2 is 1.69 bits per heavy atom. The van der Waals surface area contributed by atoms with E-state index in [0.717, 1.165) is 25.0 Å². The van der Waals surface area contributed by atoms with Gasteiger partial charge in [-0.3, -0.25) is 0 Å². The van der Waals surface area contributed by atoms with Gasteiger partial charge in [-0.1, -0.05) is 36.7 Å². The molecule has 0 saturated heterocycles. The van der Waals surface area contributed by atoms with Gasteiger partial charge in [0.05, 0.1) is 19.8 Å². The molecule has 0 bridgehead atoms. The molecule has 0 saturated carbocycles. The fourth-order valence-electron chi connectivity index (χ4n) is 0.751. The number of rotatable bonds is 8. The van der Waals surface area contributed by atoms with Crippen LogP contribution in [0.3, 0.4) is 0 Å². The van der Waals surface area contributed by atoms with Gasteiger partial charge in [-0.15, -0.1) is 0 Å². The summed E-state index contributed by atoms with van der Waals surface area (Å²) in [6.45, 7) is 9.50. The van der Waals surface area contributed by atoms with Crippen LogP contribution in [0.15, 0.2) is 0 Å². The highest BCUT2D eigenvalue weighted by atomic mass is 79.9. The van der Waals surface area contributed by atoms with Gasteiger partial charge in [0.25, 0.3) is 0 Å². The molecule has 0 unspecified atom stereocenters. The minimum absolute atomic E-state index is 0.227. The Balaban J connectivity index is 3.16. The summed E-state index contributed by atoms with van der Waals surface area (Å²) in [5.74, 6) is 0. The van der Waals surface area contributed by atoms with Gasteiger partial charge in [0.2, 0.25) is 0 Å². The lowest BCUT2D eigenvalue weighted by Gasteiger charge is -2.21. The Labute approximate surface area is 90.1 Å². The molecular formula is C10H21BrO2. The van der Waals surface area contributed by atoms with Crippen molar-refractivity contribution in [2.24, 2.45) is 5.41 Å². The SMILES string of the molecule is CCCOCCOCC(C)(C)CBr. The van der Waals surface area contributed by atoms with Crippen LogP contribution < -0.4 is 0 Å². The van der Waals surface area contributed by atoms with Crippen molar-refractivity contribution in [1.82, 2.24) is 0 Å². The molecule has 0 N–H and O–H groups in total. The smallest absolute Gasteiger partial charge is 0.0700 e. The second-order valence-electron chi connectivity index (χ2n) is 3.96. The highest BCUT2D eigenvalue weighted by Gasteiger charge is 2.15.